The van der Waals surface area contributed by atoms with Gasteiger partial charge >= 0.3 is 5.97 Å². The SMILES string of the molecule is CC(C)(C)c1ccc(-c2cc(N[C@H]3C4CCC(CC4)[C@@H]3C(=O)O)nc(-c3c[nH]c4c(F)cc(F)cc34)n2)cc1. The van der Waals surface area contributed by atoms with E-state index in [-0.39, 0.29) is 28.8 Å². The molecule has 4 aromatic rings. The third-order valence-electron chi connectivity index (χ3n) is 8.54. The quantitative estimate of drug-likeness (QED) is 0.254. The lowest BCUT2D eigenvalue weighted by Gasteiger charge is -2.47. The van der Waals surface area contributed by atoms with E-state index >= 15 is 0 Å². The molecule has 0 unspecified atom stereocenters. The summed E-state index contributed by atoms with van der Waals surface area (Å²) >= 11 is 0. The number of fused-ring (bicyclic) bond motifs is 4. The molecule has 2 aromatic carbocycles. The molecular weight excluding hydrogens is 498 g/mol. The van der Waals surface area contributed by atoms with Crippen molar-refractivity contribution in [2.45, 2.75) is 57.9 Å². The second kappa shape index (κ2) is 9.43. The molecule has 202 valence electrons. The summed E-state index contributed by atoms with van der Waals surface area (Å²) < 4.78 is 28.6. The molecule has 0 spiro atoms. The van der Waals surface area contributed by atoms with Crippen molar-refractivity contribution >= 4 is 22.7 Å². The van der Waals surface area contributed by atoms with Gasteiger partial charge in [0.05, 0.1) is 17.1 Å². The molecule has 3 aliphatic rings. The number of aromatic amines is 1. The van der Waals surface area contributed by atoms with E-state index in [2.05, 4.69) is 43.2 Å². The zero-order valence-electron chi connectivity index (χ0n) is 22.3. The molecule has 2 aromatic heterocycles. The molecule has 3 fully saturated rings. The number of carboxylic acid groups (broad SMARTS) is 1. The highest BCUT2D eigenvalue weighted by Gasteiger charge is 2.47. The molecule has 0 saturated heterocycles. The van der Waals surface area contributed by atoms with Crippen LogP contribution in [0, 0.1) is 29.4 Å². The van der Waals surface area contributed by atoms with Crippen molar-refractivity contribution in [2.75, 3.05) is 5.32 Å². The predicted octanol–water partition coefficient (Wildman–Crippen LogP) is 7.17. The molecule has 0 radical (unpaired) electrons. The molecular formula is C31H32F2N4O2. The number of nitrogens with one attached hydrogen (secondary N) is 2. The van der Waals surface area contributed by atoms with Gasteiger partial charge in [-0.15, -0.1) is 0 Å². The number of carbonyl (C=O) groups is 1. The van der Waals surface area contributed by atoms with Gasteiger partial charge in [-0.3, -0.25) is 4.79 Å². The van der Waals surface area contributed by atoms with E-state index in [4.69, 9.17) is 9.97 Å². The van der Waals surface area contributed by atoms with Crippen LogP contribution in [-0.4, -0.2) is 32.1 Å². The number of carboxylic acids is 1. The average Bonchev–Trinajstić information content (AvgIpc) is 3.33. The van der Waals surface area contributed by atoms with Crippen LogP contribution >= 0.6 is 0 Å². The van der Waals surface area contributed by atoms with Crippen LogP contribution in [0.4, 0.5) is 14.6 Å². The van der Waals surface area contributed by atoms with Gasteiger partial charge in [-0.1, -0.05) is 45.0 Å². The number of hydrogen-bond donors (Lipinski definition) is 3. The maximum atomic E-state index is 14.5. The van der Waals surface area contributed by atoms with Crippen molar-refractivity contribution in [2.24, 2.45) is 17.8 Å². The highest BCUT2D eigenvalue weighted by atomic mass is 19.1. The van der Waals surface area contributed by atoms with E-state index < -0.39 is 23.5 Å². The standard InChI is InChI=1S/C31H32F2N4O2/c1-31(2,3)19-10-8-16(9-11-19)24-14-25(36-27-18-6-4-17(5-7-18)26(27)30(38)39)37-29(35-24)22-15-34-28-21(22)12-20(32)13-23(28)33/h8-15,17-18,26-27,34H,4-7H2,1-3H3,(H,38,39)(H,35,36,37)/t17?,18?,26-,27-/m0/s1. The first-order valence-corrected chi connectivity index (χ1v) is 13.5. The summed E-state index contributed by atoms with van der Waals surface area (Å²) in [4.78, 5) is 24.7. The van der Waals surface area contributed by atoms with Crippen molar-refractivity contribution in [3.05, 3.63) is 65.9 Å². The number of rotatable bonds is 5. The molecule has 2 heterocycles. The van der Waals surface area contributed by atoms with Gasteiger partial charge in [-0.2, -0.15) is 0 Å². The second-order valence-corrected chi connectivity index (χ2v) is 12.0. The fourth-order valence-corrected chi connectivity index (χ4v) is 6.45. The molecule has 0 aliphatic heterocycles. The summed E-state index contributed by atoms with van der Waals surface area (Å²) in [5.74, 6) is -1.43. The van der Waals surface area contributed by atoms with Gasteiger partial charge < -0.3 is 15.4 Å². The Balaban J connectivity index is 1.46. The van der Waals surface area contributed by atoms with Crippen molar-refractivity contribution in [3.63, 3.8) is 0 Å². The topological polar surface area (TPSA) is 90.9 Å². The summed E-state index contributed by atoms with van der Waals surface area (Å²) in [7, 11) is 0. The molecule has 39 heavy (non-hydrogen) atoms. The third-order valence-corrected chi connectivity index (χ3v) is 8.54. The van der Waals surface area contributed by atoms with Gasteiger partial charge in [0.1, 0.15) is 17.5 Å². The van der Waals surface area contributed by atoms with E-state index in [1.54, 1.807) is 6.20 Å². The third kappa shape index (κ3) is 4.66. The molecule has 2 atom stereocenters. The Bertz CT molecular complexity index is 1550. The number of hydrogen-bond acceptors (Lipinski definition) is 4. The van der Waals surface area contributed by atoms with Gasteiger partial charge in [-0.25, -0.2) is 18.7 Å². The van der Waals surface area contributed by atoms with Gasteiger partial charge in [-0.05, 0) is 54.6 Å². The second-order valence-electron chi connectivity index (χ2n) is 12.0. The van der Waals surface area contributed by atoms with Crippen LogP contribution in [0.3, 0.4) is 0 Å². The van der Waals surface area contributed by atoms with Crippen LogP contribution in [0.5, 0.6) is 0 Å². The Morgan fingerprint density at radius 3 is 2.36 bits per heavy atom. The molecule has 3 N–H and O–H groups in total. The van der Waals surface area contributed by atoms with Gasteiger partial charge in [0, 0.05) is 40.9 Å². The maximum Gasteiger partial charge on any atom is 0.308 e. The Morgan fingerprint density at radius 2 is 1.69 bits per heavy atom. The van der Waals surface area contributed by atoms with Crippen LogP contribution in [0.25, 0.3) is 33.5 Å². The number of aromatic nitrogens is 3. The maximum absolute atomic E-state index is 14.5. The first-order chi connectivity index (χ1) is 18.6. The van der Waals surface area contributed by atoms with E-state index in [9.17, 15) is 18.7 Å². The first-order valence-electron chi connectivity index (χ1n) is 13.5. The lowest BCUT2D eigenvalue weighted by Crippen LogP contribution is -2.51. The van der Waals surface area contributed by atoms with Crippen LogP contribution in [0.2, 0.25) is 0 Å². The minimum atomic E-state index is -0.781. The van der Waals surface area contributed by atoms with Crippen molar-refractivity contribution in [1.29, 1.82) is 0 Å². The van der Waals surface area contributed by atoms with Crippen LogP contribution in [-0.2, 0) is 10.2 Å². The Kier molecular flexibility index (Phi) is 6.16. The molecule has 3 aliphatic carbocycles. The van der Waals surface area contributed by atoms with Gasteiger partial charge in [0.2, 0.25) is 0 Å². The fraction of sp³-hybridized carbons (Fsp3) is 0.387. The summed E-state index contributed by atoms with van der Waals surface area (Å²) in [5.41, 5.74) is 3.34. The summed E-state index contributed by atoms with van der Waals surface area (Å²) in [5, 5.41) is 13.9. The highest BCUT2D eigenvalue weighted by Crippen LogP contribution is 2.46. The minimum Gasteiger partial charge on any atom is -0.481 e. The van der Waals surface area contributed by atoms with Crippen LogP contribution in [0.15, 0.2) is 48.7 Å². The van der Waals surface area contributed by atoms with Crippen LogP contribution in [0.1, 0.15) is 52.0 Å². The van der Waals surface area contributed by atoms with E-state index in [1.165, 1.54) is 11.6 Å². The van der Waals surface area contributed by atoms with Gasteiger partial charge in [0.15, 0.2) is 5.82 Å². The zero-order chi connectivity index (χ0) is 27.5. The van der Waals surface area contributed by atoms with Gasteiger partial charge in [0.25, 0.3) is 0 Å². The van der Waals surface area contributed by atoms with Crippen LogP contribution < -0.4 is 5.32 Å². The molecule has 6 nitrogen and oxygen atoms in total. The van der Waals surface area contributed by atoms with E-state index in [1.807, 2.05) is 18.2 Å². The zero-order valence-corrected chi connectivity index (χ0v) is 22.3. The normalized spacial score (nSPS) is 22.8. The van der Waals surface area contributed by atoms with Crippen molar-refractivity contribution in [3.8, 4) is 22.6 Å². The average molecular weight is 531 g/mol. The fourth-order valence-electron chi connectivity index (χ4n) is 6.45. The number of H-pyrrole nitrogens is 1. The number of nitrogens with zero attached hydrogens (tertiary/aromatic N) is 2. The number of anilines is 1. The Hall–Kier alpha value is -3.81. The lowest BCUT2D eigenvalue weighted by molar-refractivity contribution is -0.148. The smallest absolute Gasteiger partial charge is 0.308 e. The molecule has 7 rings (SSSR count). The minimum absolute atomic E-state index is 0.00754. The van der Waals surface area contributed by atoms with E-state index in [0.717, 1.165) is 37.3 Å². The highest BCUT2D eigenvalue weighted by molar-refractivity contribution is 5.94. The number of aliphatic carboxylic acids is 1. The number of benzene rings is 2. The largest absolute Gasteiger partial charge is 0.481 e. The summed E-state index contributed by atoms with van der Waals surface area (Å²) in [6.45, 7) is 6.45. The predicted molar refractivity (Wildman–Crippen MR) is 147 cm³/mol. The molecule has 2 bridgehead atoms. The molecule has 8 heteroatoms. The lowest BCUT2D eigenvalue weighted by atomic mass is 9.61. The summed E-state index contributed by atoms with van der Waals surface area (Å²) in [6, 6.07) is 11.9. The molecule has 0 amide bonds. The van der Waals surface area contributed by atoms with Crippen molar-refractivity contribution < 1.29 is 18.7 Å². The Morgan fingerprint density at radius 1 is 1.00 bits per heavy atom. The van der Waals surface area contributed by atoms with Crippen molar-refractivity contribution in [1.82, 2.24) is 15.0 Å². The monoisotopic (exact) mass is 530 g/mol. The Labute approximate surface area is 225 Å². The number of halogens is 2. The van der Waals surface area contributed by atoms with E-state index in [0.29, 0.717) is 28.3 Å². The molecule has 3 saturated carbocycles. The first kappa shape index (κ1) is 25.5. The summed E-state index contributed by atoms with van der Waals surface area (Å²) in [6.07, 6.45) is 5.44.